The van der Waals surface area contributed by atoms with Crippen LogP contribution in [0.3, 0.4) is 0 Å². The first kappa shape index (κ1) is 16.1. The van der Waals surface area contributed by atoms with Crippen LogP contribution < -0.4 is 10.6 Å². The van der Waals surface area contributed by atoms with Gasteiger partial charge in [0.25, 0.3) is 0 Å². The summed E-state index contributed by atoms with van der Waals surface area (Å²) < 4.78 is 0. The third-order valence-corrected chi connectivity index (χ3v) is 5.66. The van der Waals surface area contributed by atoms with Crippen molar-refractivity contribution in [3.05, 3.63) is 40.9 Å². The number of nitrogens with zero attached hydrogens (tertiary/aromatic N) is 1. The van der Waals surface area contributed by atoms with Gasteiger partial charge in [0.05, 0.1) is 22.5 Å². The van der Waals surface area contributed by atoms with Crippen LogP contribution in [0.15, 0.2) is 30.3 Å². The highest BCUT2D eigenvalue weighted by Gasteiger charge is 2.24. The number of rotatable bonds is 4. The molecular formula is C18H23N3OS. The molecule has 5 heteroatoms. The Hall–Kier alpha value is -1.72. The first-order valence-electron chi connectivity index (χ1n) is 8.19. The number of aromatic nitrogens is 1. The van der Waals surface area contributed by atoms with Crippen LogP contribution in [0.2, 0.25) is 0 Å². The molecule has 1 aliphatic rings. The maximum Gasteiger partial charge on any atom is 0.224 e. The van der Waals surface area contributed by atoms with Crippen LogP contribution in [0.1, 0.15) is 36.4 Å². The van der Waals surface area contributed by atoms with E-state index in [9.17, 15) is 4.79 Å². The summed E-state index contributed by atoms with van der Waals surface area (Å²) in [7, 11) is 0. The number of nitrogens with one attached hydrogen (secondary N) is 2. The molecule has 23 heavy (non-hydrogen) atoms. The number of thiazole rings is 1. The summed E-state index contributed by atoms with van der Waals surface area (Å²) in [6.07, 6.45) is 2.05. The second kappa shape index (κ2) is 7.23. The summed E-state index contributed by atoms with van der Waals surface area (Å²) in [5.74, 6) is 0.242. The zero-order chi connectivity index (χ0) is 16.2. The highest BCUT2D eigenvalue weighted by Crippen LogP contribution is 2.31. The van der Waals surface area contributed by atoms with E-state index in [0.717, 1.165) is 47.1 Å². The molecule has 0 radical (unpaired) electrons. The predicted molar refractivity (Wildman–Crippen MR) is 94.4 cm³/mol. The second-order valence-corrected chi connectivity index (χ2v) is 7.14. The number of aryl methyl sites for hydroxylation is 1. The Morgan fingerprint density at radius 1 is 1.39 bits per heavy atom. The summed E-state index contributed by atoms with van der Waals surface area (Å²) in [4.78, 5) is 18.2. The fraction of sp³-hybridized carbons (Fsp3) is 0.444. The van der Waals surface area contributed by atoms with Crippen LogP contribution in [0, 0.1) is 12.8 Å². The highest BCUT2D eigenvalue weighted by atomic mass is 32.1. The molecule has 0 spiro atoms. The lowest BCUT2D eigenvalue weighted by Crippen LogP contribution is -2.41. The van der Waals surface area contributed by atoms with Gasteiger partial charge in [-0.3, -0.25) is 4.79 Å². The van der Waals surface area contributed by atoms with Gasteiger partial charge in [-0.05, 0) is 33.2 Å². The maximum atomic E-state index is 12.4. The highest BCUT2D eigenvalue weighted by molar-refractivity contribution is 7.15. The van der Waals surface area contributed by atoms with E-state index in [2.05, 4.69) is 27.8 Å². The predicted octanol–water partition coefficient (Wildman–Crippen LogP) is 3.30. The van der Waals surface area contributed by atoms with Crippen molar-refractivity contribution < 1.29 is 4.79 Å². The molecular weight excluding hydrogens is 306 g/mol. The van der Waals surface area contributed by atoms with Crippen LogP contribution in [-0.2, 0) is 4.79 Å². The molecule has 2 heterocycles. The van der Waals surface area contributed by atoms with Gasteiger partial charge in [0.15, 0.2) is 0 Å². The van der Waals surface area contributed by atoms with Crippen molar-refractivity contribution in [1.82, 2.24) is 15.6 Å². The van der Waals surface area contributed by atoms with Gasteiger partial charge < -0.3 is 10.6 Å². The smallest absolute Gasteiger partial charge is 0.224 e. The molecule has 2 atom stereocenters. The van der Waals surface area contributed by atoms with Crippen molar-refractivity contribution in [2.75, 3.05) is 13.1 Å². The standard InChI is InChI=1S/C18H23N3OS/c1-12(20-17(22)15-9-6-10-19-11-15)16-13(2)21-18(23-16)14-7-4-3-5-8-14/h3-5,7-8,12,15,19H,6,9-11H2,1-2H3,(H,20,22). The Balaban J connectivity index is 1.71. The SMILES string of the molecule is Cc1nc(-c2ccccc2)sc1C(C)NC(=O)C1CCCNC1. The molecule has 2 N–H and O–H groups in total. The summed E-state index contributed by atoms with van der Waals surface area (Å²) >= 11 is 1.67. The van der Waals surface area contributed by atoms with Gasteiger partial charge >= 0.3 is 0 Å². The Kier molecular flexibility index (Phi) is 5.08. The summed E-state index contributed by atoms with van der Waals surface area (Å²) in [5.41, 5.74) is 2.13. The fourth-order valence-corrected chi connectivity index (χ4v) is 4.06. The Bertz CT molecular complexity index is 662. The minimum Gasteiger partial charge on any atom is -0.348 e. The van der Waals surface area contributed by atoms with E-state index < -0.39 is 0 Å². The number of amides is 1. The van der Waals surface area contributed by atoms with E-state index in [1.165, 1.54) is 0 Å². The van der Waals surface area contributed by atoms with Crippen molar-refractivity contribution in [2.45, 2.75) is 32.7 Å². The van der Waals surface area contributed by atoms with E-state index >= 15 is 0 Å². The zero-order valence-electron chi connectivity index (χ0n) is 13.6. The monoisotopic (exact) mass is 329 g/mol. The Morgan fingerprint density at radius 3 is 2.87 bits per heavy atom. The van der Waals surface area contributed by atoms with Crippen LogP contribution >= 0.6 is 11.3 Å². The summed E-state index contributed by atoms with van der Waals surface area (Å²) in [6.45, 7) is 5.87. The molecule has 1 aromatic heterocycles. The lowest BCUT2D eigenvalue weighted by Gasteiger charge is -2.23. The van der Waals surface area contributed by atoms with Gasteiger partial charge in [0.1, 0.15) is 5.01 Å². The molecule has 122 valence electrons. The molecule has 0 bridgehead atoms. The van der Waals surface area contributed by atoms with Crippen molar-refractivity contribution in [1.29, 1.82) is 0 Å². The molecule has 1 amide bonds. The number of benzene rings is 1. The molecule has 0 saturated carbocycles. The third-order valence-electron chi connectivity index (χ3n) is 4.27. The lowest BCUT2D eigenvalue weighted by atomic mass is 9.98. The average Bonchev–Trinajstić information content (AvgIpc) is 2.98. The molecule has 0 aliphatic carbocycles. The van der Waals surface area contributed by atoms with E-state index in [-0.39, 0.29) is 17.9 Å². The van der Waals surface area contributed by atoms with Gasteiger partial charge in [-0.15, -0.1) is 11.3 Å². The second-order valence-electron chi connectivity index (χ2n) is 6.11. The van der Waals surface area contributed by atoms with Crippen molar-refractivity contribution >= 4 is 17.2 Å². The largest absolute Gasteiger partial charge is 0.348 e. The van der Waals surface area contributed by atoms with E-state index in [4.69, 9.17) is 0 Å². The molecule has 2 unspecified atom stereocenters. The maximum absolute atomic E-state index is 12.4. The number of hydrogen-bond acceptors (Lipinski definition) is 4. The first-order valence-corrected chi connectivity index (χ1v) is 9.00. The zero-order valence-corrected chi connectivity index (χ0v) is 14.5. The van der Waals surface area contributed by atoms with Crippen molar-refractivity contribution in [2.24, 2.45) is 5.92 Å². The van der Waals surface area contributed by atoms with Gasteiger partial charge in [0, 0.05) is 12.1 Å². The van der Waals surface area contributed by atoms with Crippen molar-refractivity contribution in [3.8, 4) is 10.6 Å². The minimum absolute atomic E-state index is 0.000566. The number of hydrogen-bond donors (Lipinski definition) is 2. The van der Waals surface area contributed by atoms with Crippen LogP contribution in [-0.4, -0.2) is 24.0 Å². The Labute approximate surface area is 141 Å². The van der Waals surface area contributed by atoms with Crippen LogP contribution in [0.4, 0.5) is 0 Å². The lowest BCUT2D eigenvalue weighted by molar-refractivity contribution is -0.126. The van der Waals surface area contributed by atoms with Gasteiger partial charge in [-0.2, -0.15) is 0 Å². The van der Waals surface area contributed by atoms with Gasteiger partial charge in [-0.25, -0.2) is 4.98 Å². The molecule has 4 nitrogen and oxygen atoms in total. The van der Waals surface area contributed by atoms with Gasteiger partial charge in [0.2, 0.25) is 5.91 Å². The molecule has 3 rings (SSSR count). The van der Waals surface area contributed by atoms with Crippen molar-refractivity contribution in [3.63, 3.8) is 0 Å². The van der Waals surface area contributed by atoms with E-state index in [1.807, 2.05) is 32.0 Å². The van der Waals surface area contributed by atoms with Crippen LogP contribution in [0.25, 0.3) is 10.6 Å². The van der Waals surface area contributed by atoms with Crippen LogP contribution in [0.5, 0.6) is 0 Å². The third kappa shape index (κ3) is 3.79. The topological polar surface area (TPSA) is 54.0 Å². The minimum atomic E-state index is -0.000566. The average molecular weight is 329 g/mol. The fourth-order valence-electron chi connectivity index (χ4n) is 2.99. The molecule has 1 aliphatic heterocycles. The first-order chi connectivity index (χ1) is 11.1. The number of carbonyl (C=O) groups is 1. The molecule has 2 aromatic rings. The normalized spacial score (nSPS) is 19.3. The quantitative estimate of drug-likeness (QED) is 0.905. The molecule has 1 saturated heterocycles. The number of carbonyl (C=O) groups excluding carboxylic acids is 1. The molecule has 1 aromatic carbocycles. The summed E-state index contributed by atoms with van der Waals surface area (Å²) in [5, 5.41) is 7.47. The van der Waals surface area contributed by atoms with Gasteiger partial charge in [-0.1, -0.05) is 30.3 Å². The number of piperidine rings is 1. The summed E-state index contributed by atoms with van der Waals surface area (Å²) in [6, 6.07) is 10.2. The van der Waals surface area contributed by atoms with E-state index in [0.29, 0.717) is 0 Å². The van der Waals surface area contributed by atoms with E-state index in [1.54, 1.807) is 11.3 Å². The Morgan fingerprint density at radius 2 is 2.17 bits per heavy atom. The molecule has 1 fully saturated rings.